The zero-order valence-electron chi connectivity index (χ0n) is 54.0. The van der Waals surface area contributed by atoms with Crippen LogP contribution in [0.3, 0.4) is 0 Å². The number of benzene rings is 12. The van der Waals surface area contributed by atoms with Crippen LogP contribution in [0, 0.1) is 83.1 Å². The van der Waals surface area contributed by atoms with Crippen LogP contribution in [0.1, 0.15) is 66.8 Å². The van der Waals surface area contributed by atoms with Crippen molar-refractivity contribution in [1.29, 1.82) is 0 Å². The average molecular weight is 1330 g/mol. The van der Waals surface area contributed by atoms with Crippen LogP contribution in [0.5, 0.6) is 0 Å². The summed E-state index contributed by atoms with van der Waals surface area (Å²) in [5, 5.41) is 18.0. The second-order valence-corrected chi connectivity index (χ2v) is 32.7. The maximum Gasteiger partial charge on any atom is 0.105 e. The Bertz CT molecular complexity index is 3280. The van der Waals surface area contributed by atoms with Gasteiger partial charge >= 0.3 is 0 Å². The molecule has 0 heterocycles. The summed E-state index contributed by atoms with van der Waals surface area (Å²) in [7, 11) is -3.87. The van der Waals surface area contributed by atoms with Gasteiger partial charge in [0.15, 0.2) is 0 Å². The van der Waals surface area contributed by atoms with Crippen molar-refractivity contribution in [3.8, 4) is 0 Å². The summed E-state index contributed by atoms with van der Waals surface area (Å²) in [5.74, 6) is 0. The van der Waals surface area contributed by atoms with Crippen LogP contribution in [-0.4, -0.2) is 0 Å². The first-order valence-corrected chi connectivity index (χ1v) is 36.9. The van der Waals surface area contributed by atoms with Gasteiger partial charge in [0.25, 0.3) is 0 Å². The fraction of sp³-hybridized carbons (Fsp3) is 0.143. The summed E-state index contributed by atoms with van der Waals surface area (Å²) in [6, 6.07) is 106. The Morgan fingerprint density at radius 1 is 0.124 bits per heavy atom. The topological polar surface area (TPSA) is 0 Å². The SMILES string of the molecule is Cc1ccccc1[PH+](c1ccccc1C)c1ccccc1C.Cc1ccccc1[PH+](c1ccccc1C)c1ccccc1C.Cc1ccccc1[PH+](c1ccccc1C)c1ccccc1C.Cc1ccccc1[PH+](c1ccccc1C)c1ccccc1C.[Pd]. The van der Waals surface area contributed by atoms with Crippen molar-refractivity contribution in [3.05, 3.63) is 358 Å². The zero-order valence-corrected chi connectivity index (χ0v) is 59.6. The van der Waals surface area contributed by atoms with Gasteiger partial charge in [-0.3, -0.25) is 0 Å². The molecular formula is C84H88P4Pd+4. The number of hydrogen-bond donors (Lipinski definition) is 0. The van der Waals surface area contributed by atoms with E-state index in [-0.39, 0.29) is 20.4 Å². The molecule has 0 amide bonds. The molecule has 0 saturated heterocycles. The van der Waals surface area contributed by atoms with Gasteiger partial charge in [-0.2, -0.15) is 0 Å². The van der Waals surface area contributed by atoms with Crippen LogP contribution < -0.4 is 63.7 Å². The third kappa shape index (κ3) is 16.9. The van der Waals surface area contributed by atoms with Crippen molar-refractivity contribution in [2.45, 2.75) is 83.1 Å². The molecule has 0 aliphatic rings. The Balaban J connectivity index is 0.000000153. The van der Waals surface area contributed by atoms with E-state index in [0.717, 1.165) is 0 Å². The molecule has 0 unspecified atom stereocenters. The first kappa shape index (κ1) is 67.9. The van der Waals surface area contributed by atoms with Crippen molar-refractivity contribution >= 4 is 95.3 Å². The summed E-state index contributed by atoms with van der Waals surface area (Å²) in [6.07, 6.45) is 0. The summed E-state index contributed by atoms with van der Waals surface area (Å²) in [4.78, 5) is 0. The summed E-state index contributed by atoms with van der Waals surface area (Å²) < 4.78 is 0. The van der Waals surface area contributed by atoms with E-state index in [4.69, 9.17) is 0 Å². The predicted octanol–water partition coefficient (Wildman–Crippen LogP) is 16.4. The molecule has 0 N–H and O–H groups in total. The fourth-order valence-electron chi connectivity index (χ4n) is 12.0. The molecule has 89 heavy (non-hydrogen) atoms. The first-order chi connectivity index (χ1) is 42.7. The van der Waals surface area contributed by atoms with Gasteiger partial charge in [-0.1, -0.05) is 218 Å². The van der Waals surface area contributed by atoms with Crippen LogP contribution >= 0.6 is 31.7 Å². The maximum atomic E-state index is 2.31. The Hall–Kier alpha value is -6.98. The molecular weight excluding hydrogens is 1240 g/mol. The third-order valence-corrected chi connectivity index (χ3v) is 30.2. The van der Waals surface area contributed by atoms with E-state index in [0.29, 0.717) is 0 Å². The van der Waals surface area contributed by atoms with E-state index < -0.39 is 31.7 Å². The molecule has 0 radical (unpaired) electrons. The molecule has 0 bridgehead atoms. The number of rotatable bonds is 12. The number of hydrogen-bond acceptors (Lipinski definition) is 0. The molecule has 0 nitrogen and oxygen atoms in total. The summed E-state index contributed by atoms with van der Waals surface area (Å²) in [6.45, 7) is 26.8. The monoisotopic (exact) mass is 1330 g/mol. The molecule has 12 aromatic rings. The van der Waals surface area contributed by atoms with Gasteiger partial charge in [-0.25, -0.2) is 0 Å². The van der Waals surface area contributed by atoms with Gasteiger partial charge in [0.05, 0.1) is 31.7 Å². The summed E-state index contributed by atoms with van der Waals surface area (Å²) in [5.41, 5.74) is 16.7. The van der Waals surface area contributed by atoms with Gasteiger partial charge < -0.3 is 0 Å². The molecule has 12 aromatic carbocycles. The molecule has 5 heteroatoms. The van der Waals surface area contributed by atoms with Gasteiger partial charge in [0, 0.05) is 20.4 Å². The van der Waals surface area contributed by atoms with Crippen LogP contribution in [-0.2, 0) is 20.4 Å². The Morgan fingerprint density at radius 2 is 0.191 bits per heavy atom. The molecule has 12 rings (SSSR count). The molecule has 0 fully saturated rings. The quantitative estimate of drug-likeness (QED) is 0.0845. The minimum atomic E-state index is -0.968. The van der Waals surface area contributed by atoms with Gasteiger partial charge in [0.2, 0.25) is 0 Å². The number of aryl methyl sites for hydroxylation is 12. The van der Waals surface area contributed by atoms with E-state index in [1.807, 2.05) is 0 Å². The van der Waals surface area contributed by atoms with Gasteiger partial charge in [-0.05, 0) is 223 Å². The molecule has 0 aliphatic heterocycles. The molecule has 450 valence electrons. The van der Waals surface area contributed by atoms with E-state index >= 15 is 0 Å². The Kier molecular flexibility index (Phi) is 25.3. The minimum absolute atomic E-state index is 0. The second kappa shape index (κ2) is 33.2. The van der Waals surface area contributed by atoms with Crippen molar-refractivity contribution < 1.29 is 20.4 Å². The molecule has 0 aromatic heterocycles. The van der Waals surface area contributed by atoms with Crippen LogP contribution in [0.2, 0.25) is 0 Å². The second-order valence-electron chi connectivity index (χ2n) is 23.3. The van der Waals surface area contributed by atoms with Crippen molar-refractivity contribution in [2.75, 3.05) is 0 Å². The smallest absolute Gasteiger partial charge is 0.0617 e. The molecule has 0 atom stereocenters. The van der Waals surface area contributed by atoms with Crippen molar-refractivity contribution in [2.24, 2.45) is 0 Å². The van der Waals surface area contributed by atoms with Gasteiger partial charge in [0.1, 0.15) is 63.7 Å². The Labute approximate surface area is 552 Å². The predicted molar refractivity (Wildman–Crippen MR) is 403 cm³/mol. The van der Waals surface area contributed by atoms with Crippen LogP contribution in [0.15, 0.2) is 291 Å². The standard InChI is InChI=1S/4C21H21P.Pd/c4*1-16-10-4-7-13-19(16)22(20-14-8-5-11-17(20)2)21-15-9-6-12-18(21)3;/h4*4-15H,1-3H3;/p+4. The van der Waals surface area contributed by atoms with Crippen molar-refractivity contribution in [3.63, 3.8) is 0 Å². The first-order valence-electron chi connectivity index (χ1n) is 30.9. The van der Waals surface area contributed by atoms with E-state index in [9.17, 15) is 0 Å². The minimum Gasteiger partial charge on any atom is -0.0617 e. The van der Waals surface area contributed by atoms with Crippen LogP contribution in [0.25, 0.3) is 0 Å². The summed E-state index contributed by atoms with van der Waals surface area (Å²) >= 11 is 0. The fourth-order valence-corrected chi connectivity index (χ4v) is 24.4. The van der Waals surface area contributed by atoms with E-state index in [2.05, 4.69) is 374 Å². The largest absolute Gasteiger partial charge is 0.105 e. The maximum absolute atomic E-state index is 2.31. The molecule has 0 aliphatic carbocycles. The molecule has 0 saturated carbocycles. The molecule has 0 spiro atoms. The average Bonchev–Trinajstić information content (AvgIpc) is 2.73. The third-order valence-electron chi connectivity index (χ3n) is 17.0. The zero-order chi connectivity index (χ0) is 62.1. The van der Waals surface area contributed by atoms with Crippen molar-refractivity contribution in [1.82, 2.24) is 0 Å². The van der Waals surface area contributed by atoms with Gasteiger partial charge in [-0.15, -0.1) is 0 Å². The normalized spacial score (nSPS) is 10.8. The van der Waals surface area contributed by atoms with Crippen LogP contribution in [0.4, 0.5) is 0 Å². The van der Waals surface area contributed by atoms with E-state index in [1.54, 1.807) is 0 Å². The Morgan fingerprint density at radius 3 is 0.258 bits per heavy atom. The van der Waals surface area contributed by atoms with E-state index in [1.165, 1.54) is 130 Å².